The molecule has 18 heavy (non-hydrogen) atoms. The molecule has 0 radical (unpaired) electrons. The number of aromatic nitrogens is 1. The van der Waals surface area contributed by atoms with Gasteiger partial charge in [0, 0.05) is 31.9 Å². The molecule has 3 heteroatoms. The Balaban J connectivity index is 1.78. The van der Waals surface area contributed by atoms with Gasteiger partial charge in [-0.2, -0.15) is 0 Å². The molecule has 1 N–H and O–H groups in total. The van der Waals surface area contributed by atoms with Crippen molar-refractivity contribution in [1.82, 2.24) is 15.2 Å². The minimum Gasteiger partial charge on any atom is -0.314 e. The van der Waals surface area contributed by atoms with Crippen molar-refractivity contribution in [3.63, 3.8) is 0 Å². The number of pyridine rings is 1. The number of nitrogens with one attached hydrogen (secondary N) is 1. The number of hydrogen-bond donors (Lipinski definition) is 1. The molecule has 1 saturated carbocycles. The van der Waals surface area contributed by atoms with E-state index in [1.54, 1.807) is 0 Å². The van der Waals surface area contributed by atoms with Gasteiger partial charge in [0.15, 0.2) is 0 Å². The predicted octanol–water partition coefficient (Wildman–Crippen LogP) is 2.14. The lowest BCUT2D eigenvalue weighted by atomic mass is 10.0. The Morgan fingerprint density at radius 1 is 1.33 bits per heavy atom. The zero-order valence-corrected chi connectivity index (χ0v) is 11.2. The van der Waals surface area contributed by atoms with Crippen molar-refractivity contribution in [1.29, 1.82) is 0 Å². The summed E-state index contributed by atoms with van der Waals surface area (Å²) in [5.74, 6) is 0.951. The molecule has 0 spiro atoms. The minimum absolute atomic E-state index is 0.541. The van der Waals surface area contributed by atoms with Crippen LogP contribution in [0.25, 0.3) is 0 Å². The van der Waals surface area contributed by atoms with Crippen LogP contribution in [0.2, 0.25) is 0 Å². The zero-order chi connectivity index (χ0) is 12.4. The summed E-state index contributed by atoms with van der Waals surface area (Å²) in [4.78, 5) is 7.39. The molecule has 0 aromatic carbocycles. The smallest absolute Gasteiger partial charge is 0.0578 e. The van der Waals surface area contributed by atoms with Gasteiger partial charge in [-0.15, -0.1) is 0 Å². The van der Waals surface area contributed by atoms with Crippen LogP contribution in [0, 0.1) is 12.8 Å². The van der Waals surface area contributed by atoms with Gasteiger partial charge in [0.2, 0.25) is 0 Å². The summed E-state index contributed by atoms with van der Waals surface area (Å²) >= 11 is 0. The summed E-state index contributed by atoms with van der Waals surface area (Å²) in [7, 11) is 0. The molecule has 3 nitrogen and oxygen atoms in total. The van der Waals surface area contributed by atoms with Gasteiger partial charge in [-0.1, -0.05) is 18.9 Å². The second-order valence-corrected chi connectivity index (χ2v) is 5.68. The number of piperazine rings is 1. The lowest BCUT2D eigenvalue weighted by Crippen LogP contribution is -2.45. The molecule has 2 heterocycles. The van der Waals surface area contributed by atoms with E-state index in [-0.39, 0.29) is 0 Å². The third kappa shape index (κ3) is 2.90. The van der Waals surface area contributed by atoms with E-state index < -0.39 is 0 Å². The summed E-state index contributed by atoms with van der Waals surface area (Å²) < 4.78 is 0. The van der Waals surface area contributed by atoms with Crippen LogP contribution in [0.1, 0.15) is 36.7 Å². The number of rotatable bonds is 4. The molecule has 1 atom stereocenters. The molecule has 0 amide bonds. The molecule has 3 rings (SSSR count). The molecule has 2 fully saturated rings. The van der Waals surface area contributed by atoms with Crippen molar-refractivity contribution in [2.24, 2.45) is 5.92 Å². The average Bonchev–Trinajstić information content (AvgIpc) is 3.21. The summed E-state index contributed by atoms with van der Waals surface area (Å²) in [5, 5.41) is 3.44. The quantitative estimate of drug-likeness (QED) is 0.881. The maximum Gasteiger partial charge on any atom is 0.0578 e. The maximum absolute atomic E-state index is 4.77. The van der Waals surface area contributed by atoms with Gasteiger partial charge in [0.05, 0.1) is 11.7 Å². The lowest BCUT2D eigenvalue weighted by molar-refractivity contribution is 0.157. The fraction of sp³-hybridized carbons (Fsp3) is 0.667. The first kappa shape index (κ1) is 12.1. The molecular weight excluding hydrogens is 222 g/mol. The molecule has 2 aliphatic rings. The molecule has 0 unspecified atom stereocenters. The first-order chi connectivity index (χ1) is 8.83. The molecule has 1 aromatic heterocycles. The predicted molar refractivity (Wildman–Crippen MR) is 73.5 cm³/mol. The van der Waals surface area contributed by atoms with E-state index in [4.69, 9.17) is 4.98 Å². The SMILES string of the molecule is Cc1cccc([C@@H](CC2CC2)N2CCNCC2)n1. The van der Waals surface area contributed by atoms with Crippen LogP contribution in [0.4, 0.5) is 0 Å². The van der Waals surface area contributed by atoms with E-state index in [1.165, 1.54) is 25.0 Å². The highest BCUT2D eigenvalue weighted by Gasteiger charge is 2.31. The number of hydrogen-bond acceptors (Lipinski definition) is 3. The van der Waals surface area contributed by atoms with Crippen LogP contribution < -0.4 is 5.32 Å². The van der Waals surface area contributed by atoms with Crippen LogP contribution in [0.3, 0.4) is 0 Å². The molecule has 1 aliphatic heterocycles. The largest absolute Gasteiger partial charge is 0.314 e. The van der Waals surface area contributed by atoms with Gasteiger partial charge in [-0.25, -0.2) is 0 Å². The van der Waals surface area contributed by atoms with Crippen molar-refractivity contribution in [3.8, 4) is 0 Å². The maximum atomic E-state index is 4.77. The Labute approximate surface area is 110 Å². The summed E-state index contributed by atoms with van der Waals surface area (Å²) in [5.41, 5.74) is 2.42. The summed E-state index contributed by atoms with van der Waals surface area (Å²) in [6.07, 6.45) is 4.15. The Kier molecular flexibility index (Phi) is 3.62. The first-order valence-electron chi connectivity index (χ1n) is 7.21. The van der Waals surface area contributed by atoms with E-state index in [1.807, 2.05) is 0 Å². The first-order valence-corrected chi connectivity index (χ1v) is 7.21. The summed E-state index contributed by atoms with van der Waals surface area (Å²) in [6.45, 7) is 6.65. The molecule has 98 valence electrons. The van der Waals surface area contributed by atoms with Crippen molar-refractivity contribution in [2.45, 2.75) is 32.2 Å². The van der Waals surface area contributed by atoms with Crippen LogP contribution in [0.15, 0.2) is 18.2 Å². The summed E-state index contributed by atoms with van der Waals surface area (Å²) in [6, 6.07) is 7.00. The normalized spacial score (nSPS) is 22.9. The van der Waals surface area contributed by atoms with E-state index in [2.05, 4.69) is 35.3 Å². The fourth-order valence-electron chi connectivity index (χ4n) is 2.87. The highest BCUT2D eigenvalue weighted by molar-refractivity contribution is 5.14. The third-order valence-electron chi connectivity index (χ3n) is 4.10. The zero-order valence-electron chi connectivity index (χ0n) is 11.2. The third-order valence-corrected chi connectivity index (χ3v) is 4.10. The van der Waals surface area contributed by atoms with Gasteiger partial charge in [0.25, 0.3) is 0 Å². The van der Waals surface area contributed by atoms with Crippen LogP contribution in [0.5, 0.6) is 0 Å². The average molecular weight is 245 g/mol. The Bertz CT molecular complexity index is 394. The Morgan fingerprint density at radius 3 is 2.78 bits per heavy atom. The van der Waals surface area contributed by atoms with E-state index in [0.717, 1.165) is 37.8 Å². The highest BCUT2D eigenvalue weighted by Crippen LogP contribution is 2.39. The lowest BCUT2D eigenvalue weighted by Gasteiger charge is -2.34. The van der Waals surface area contributed by atoms with Crippen molar-refractivity contribution in [2.75, 3.05) is 26.2 Å². The highest BCUT2D eigenvalue weighted by atomic mass is 15.2. The number of nitrogens with zero attached hydrogens (tertiary/aromatic N) is 2. The standard InChI is InChI=1S/C15H23N3/c1-12-3-2-4-14(17-12)15(11-13-5-6-13)18-9-7-16-8-10-18/h2-4,13,15-16H,5-11H2,1H3/t15-/m1/s1. The number of aryl methyl sites for hydroxylation is 1. The van der Waals surface area contributed by atoms with Gasteiger partial charge in [-0.3, -0.25) is 9.88 Å². The molecule has 1 aromatic rings. The molecule has 1 aliphatic carbocycles. The second kappa shape index (κ2) is 5.37. The Hall–Kier alpha value is -0.930. The van der Waals surface area contributed by atoms with Gasteiger partial charge in [-0.05, 0) is 31.4 Å². The molecular formula is C15H23N3. The van der Waals surface area contributed by atoms with Crippen molar-refractivity contribution >= 4 is 0 Å². The Morgan fingerprint density at radius 2 is 2.11 bits per heavy atom. The van der Waals surface area contributed by atoms with E-state index in [9.17, 15) is 0 Å². The fourth-order valence-corrected chi connectivity index (χ4v) is 2.87. The van der Waals surface area contributed by atoms with Crippen molar-refractivity contribution in [3.05, 3.63) is 29.6 Å². The minimum atomic E-state index is 0.541. The van der Waals surface area contributed by atoms with Gasteiger partial charge >= 0.3 is 0 Å². The molecule has 1 saturated heterocycles. The van der Waals surface area contributed by atoms with E-state index in [0.29, 0.717) is 6.04 Å². The van der Waals surface area contributed by atoms with Gasteiger partial charge in [0.1, 0.15) is 0 Å². The topological polar surface area (TPSA) is 28.2 Å². The second-order valence-electron chi connectivity index (χ2n) is 5.68. The van der Waals surface area contributed by atoms with Crippen LogP contribution >= 0.6 is 0 Å². The van der Waals surface area contributed by atoms with Crippen LogP contribution in [-0.4, -0.2) is 36.1 Å². The van der Waals surface area contributed by atoms with E-state index >= 15 is 0 Å². The molecule has 0 bridgehead atoms. The van der Waals surface area contributed by atoms with Gasteiger partial charge < -0.3 is 5.32 Å². The van der Waals surface area contributed by atoms with Crippen molar-refractivity contribution < 1.29 is 0 Å². The van der Waals surface area contributed by atoms with Crippen LogP contribution in [-0.2, 0) is 0 Å². The monoisotopic (exact) mass is 245 g/mol.